The van der Waals surface area contributed by atoms with Crippen LogP contribution in [0.1, 0.15) is 0 Å². The number of alkyl halides is 3. The molecule has 0 bridgehead atoms. The van der Waals surface area contributed by atoms with Gasteiger partial charge >= 0.3 is 6.18 Å². The lowest BCUT2D eigenvalue weighted by molar-refractivity contribution is -0.124. The minimum absolute atomic E-state index is 0.0702. The zero-order valence-corrected chi connectivity index (χ0v) is 21.6. The number of aliphatic imine (C=N–C) groups is 1. The number of hydrogen-bond acceptors (Lipinski definition) is 8. The molecule has 0 saturated carbocycles. The molecule has 14 heteroatoms. The van der Waals surface area contributed by atoms with E-state index >= 15 is 4.39 Å². The van der Waals surface area contributed by atoms with Crippen LogP contribution < -0.4 is 15.1 Å². The number of halogens is 4. The first-order chi connectivity index (χ1) is 19.1. The molecule has 1 N–H and O–H groups in total. The van der Waals surface area contributed by atoms with Crippen molar-refractivity contribution in [2.75, 3.05) is 74.6 Å². The van der Waals surface area contributed by atoms with Crippen molar-refractivity contribution in [3.63, 3.8) is 0 Å². The molecule has 0 radical (unpaired) electrons. The van der Waals surface area contributed by atoms with E-state index in [2.05, 4.69) is 25.2 Å². The third kappa shape index (κ3) is 5.97. The normalized spacial score (nSPS) is 20.5. The number of dihydropyridines is 1. The highest BCUT2D eigenvalue weighted by Crippen LogP contribution is 2.37. The molecule has 3 aliphatic rings. The summed E-state index contributed by atoms with van der Waals surface area (Å²) in [5.41, 5.74) is -0.470. The summed E-state index contributed by atoms with van der Waals surface area (Å²) in [6, 6.07) is 2.63. The van der Waals surface area contributed by atoms with E-state index in [0.29, 0.717) is 82.0 Å². The van der Waals surface area contributed by atoms with Crippen molar-refractivity contribution >= 4 is 35.4 Å². The van der Waals surface area contributed by atoms with E-state index in [0.717, 1.165) is 0 Å². The molecule has 1 aromatic carbocycles. The van der Waals surface area contributed by atoms with Crippen molar-refractivity contribution in [2.24, 2.45) is 10.9 Å². The van der Waals surface area contributed by atoms with Gasteiger partial charge in [-0.15, -0.1) is 0 Å². The van der Waals surface area contributed by atoms with Gasteiger partial charge in [-0.2, -0.15) is 13.2 Å². The summed E-state index contributed by atoms with van der Waals surface area (Å²) >= 11 is 0. The molecule has 1 aromatic heterocycles. The fraction of sp³-hybridized carbons (Fsp3) is 0.423. The molecule has 4 heterocycles. The van der Waals surface area contributed by atoms with Crippen LogP contribution in [0.15, 0.2) is 41.2 Å². The van der Waals surface area contributed by atoms with Crippen LogP contribution in [0.4, 0.5) is 34.9 Å². The number of rotatable bonds is 5. The van der Waals surface area contributed by atoms with Gasteiger partial charge in [-0.1, -0.05) is 0 Å². The van der Waals surface area contributed by atoms with Crippen molar-refractivity contribution in [3.8, 4) is 11.1 Å². The number of carbonyl (C=O) groups is 2. The molecule has 2 amide bonds. The minimum Gasteiger partial charge on any atom is -0.378 e. The molecule has 10 nitrogen and oxygen atoms in total. The first-order valence-electron chi connectivity index (χ1n) is 12.7. The lowest BCUT2D eigenvalue weighted by Crippen LogP contribution is -2.45. The number of morpholine rings is 1. The van der Waals surface area contributed by atoms with Gasteiger partial charge in [0.2, 0.25) is 11.9 Å². The van der Waals surface area contributed by atoms with Crippen molar-refractivity contribution < 1.29 is 31.9 Å². The Kier molecular flexibility index (Phi) is 7.81. The lowest BCUT2D eigenvalue weighted by atomic mass is 9.95. The zero-order chi connectivity index (χ0) is 28.4. The number of ether oxygens (including phenoxy) is 1. The van der Waals surface area contributed by atoms with E-state index in [1.54, 1.807) is 0 Å². The number of likely N-dealkylation sites (N-methyl/N-ethyl adjacent to an activating group) is 1. The van der Waals surface area contributed by atoms with Gasteiger partial charge in [0, 0.05) is 75.1 Å². The molecule has 0 aliphatic carbocycles. The quantitative estimate of drug-likeness (QED) is 0.556. The Balaban J connectivity index is 1.48. The monoisotopic (exact) mass is 561 g/mol. The number of benzene rings is 1. The SMILES string of the molecule is CN1CCN(c2cc(F)c(-c3cnc(N4CCOCC4)nc3)cc2NC(=O)C2C=NC(=O)C=C2C(F)(F)F)CC1. The molecule has 2 fully saturated rings. The Bertz CT molecular complexity index is 1330. The highest BCUT2D eigenvalue weighted by molar-refractivity contribution is 6.11. The Labute approximate surface area is 227 Å². The van der Waals surface area contributed by atoms with Gasteiger partial charge in [0.1, 0.15) is 11.7 Å². The summed E-state index contributed by atoms with van der Waals surface area (Å²) in [5.74, 6) is -4.13. The lowest BCUT2D eigenvalue weighted by Gasteiger charge is -2.35. The second kappa shape index (κ2) is 11.3. The first kappa shape index (κ1) is 27.6. The molecular weight excluding hydrogens is 534 g/mol. The molecule has 3 aliphatic heterocycles. The Morgan fingerprint density at radius 1 is 1.02 bits per heavy atom. The van der Waals surface area contributed by atoms with Gasteiger partial charge in [0.05, 0.1) is 30.2 Å². The largest absolute Gasteiger partial charge is 0.414 e. The average molecular weight is 562 g/mol. The molecular formula is C26H27F4N7O3. The van der Waals surface area contributed by atoms with Crippen LogP contribution in [0, 0.1) is 11.7 Å². The molecule has 2 aromatic rings. The Morgan fingerprint density at radius 2 is 1.70 bits per heavy atom. The van der Waals surface area contributed by atoms with Crippen LogP contribution in [0.3, 0.4) is 0 Å². The Morgan fingerprint density at radius 3 is 2.35 bits per heavy atom. The number of amides is 2. The summed E-state index contributed by atoms with van der Waals surface area (Å²) < 4.78 is 61.7. The number of aromatic nitrogens is 2. The van der Waals surface area contributed by atoms with E-state index in [1.807, 2.05) is 16.8 Å². The highest BCUT2D eigenvalue weighted by Gasteiger charge is 2.43. The molecule has 1 unspecified atom stereocenters. The third-order valence-electron chi connectivity index (χ3n) is 7.01. The van der Waals surface area contributed by atoms with E-state index in [1.165, 1.54) is 24.5 Å². The van der Waals surface area contributed by atoms with Crippen LogP contribution in [0.2, 0.25) is 0 Å². The number of anilines is 3. The number of nitrogens with zero attached hydrogens (tertiary/aromatic N) is 6. The van der Waals surface area contributed by atoms with Crippen molar-refractivity contribution in [2.45, 2.75) is 6.18 Å². The van der Waals surface area contributed by atoms with Gasteiger partial charge in [-0.25, -0.2) is 19.4 Å². The van der Waals surface area contributed by atoms with Crippen LogP contribution in [0.25, 0.3) is 11.1 Å². The van der Waals surface area contributed by atoms with Gasteiger partial charge in [-0.3, -0.25) is 9.59 Å². The van der Waals surface area contributed by atoms with E-state index in [9.17, 15) is 22.8 Å². The fourth-order valence-corrected chi connectivity index (χ4v) is 4.75. The molecule has 212 valence electrons. The summed E-state index contributed by atoms with van der Waals surface area (Å²) in [7, 11) is 1.94. The number of carbonyl (C=O) groups excluding carboxylic acids is 2. The summed E-state index contributed by atoms with van der Waals surface area (Å²) in [6.07, 6.45) is -1.01. The Hall–Kier alpha value is -3.91. The molecule has 5 rings (SSSR count). The maximum Gasteiger partial charge on any atom is 0.414 e. The zero-order valence-electron chi connectivity index (χ0n) is 21.6. The van der Waals surface area contributed by atoms with Crippen molar-refractivity contribution in [3.05, 3.63) is 42.0 Å². The summed E-state index contributed by atoms with van der Waals surface area (Å²) in [6.45, 7) is 4.70. The molecule has 1 atom stereocenters. The summed E-state index contributed by atoms with van der Waals surface area (Å²) in [4.78, 5) is 42.7. The van der Waals surface area contributed by atoms with Crippen molar-refractivity contribution in [1.29, 1.82) is 0 Å². The predicted molar refractivity (Wildman–Crippen MR) is 140 cm³/mol. The van der Waals surface area contributed by atoms with Crippen LogP contribution in [-0.2, 0) is 14.3 Å². The van der Waals surface area contributed by atoms with Crippen molar-refractivity contribution in [1.82, 2.24) is 14.9 Å². The van der Waals surface area contributed by atoms with E-state index < -0.39 is 35.3 Å². The molecule has 40 heavy (non-hydrogen) atoms. The standard InChI is InChI=1S/C26H27F4N7O3/c1-35-2-4-36(5-3-35)22-12-20(27)17(16-13-32-25(33-14-16)37-6-8-40-9-7-37)10-21(22)34-24(39)18-15-31-23(38)11-19(18)26(28,29)30/h10-15,18H,2-9H2,1H3,(H,34,39). The van der Waals surface area contributed by atoms with Gasteiger partial charge < -0.3 is 24.8 Å². The van der Waals surface area contributed by atoms with E-state index in [-0.39, 0.29) is 11.3 Å². The second-order valence-electron chi connectivity index (χ2n) is 9.69. The molecule has 2 saturated heterocycles. The number of nitrogens with one attached hydrogen (secondary N) is 1. The maximum absolute atomic E-state index is 15.5. The molecule has 0 spiro atoms. The van der Waals surface area contributed by atoms with Gasteiger partial charge in [0.25, 0.3) is 5.91 Å². The average Bonchev–Trinajstić information content (AvgIpc) is 2.94. The smallest absolute Gasteiger partial charge is 0.378 e. The van der Waals surface area contributed by atoms with Gasteiger partial charge in [0.15, 0.2) is 0 Å². The maximum atomic E-state index is 15.5. The number of hydrogen-bond donors (Lipinski definition) is 1. The predicted octanol–water partition coefficient (Wildman–Crippen LogP) is 2.53. The van der Waals surface area contributed by atoms with Crippen LogP contribution in [-0.4, -0.2) is 98.6 Å². The van der Waals surface area contributed by atoms with E-state index in [4.69, 9.17) is 4.74 Å². The highest BCUT2D eigenvalue weighted by atomic mass is 19.4. The third-order valence-corrected chi connectivity index (χ3v) is 7.01. The first-order valence-corrected chi connectivity index (χ1v) is 12.7. The second-order valence-corrected chi connectivity index (χ2v) is 9.69. The van der Waals surface area contributed by atoms with Crippen LogP contribution >= 0.6 is 0 Å². The van der Waals surface area contributed by atoms with Crippen LogP contribution in [0.5, 0.6) is 0 Å². The summed E-state index contributed by atoms with van der Waals surface area (Å²) in [5, 5.41) is 2.54. The van der Waals surface area contributed by atoms with Gasteiger partial charge in [-0.05, 0) is 19.2 Å². The number of piperazine rings is 1. The topological polar surface area (TPSA) is 103 Å². The fourth-order valence-electron chi connectivity index (χ4n) is 4.75. The minimum atomic E-state index is -4.92.